The van der Waals surface area contributed by atoms with E-state index in [0.29, 0.717) is 89.6 Å². The molecule has 6 aromatic rings. The molecule has 9 N–H and O–H groups in total. The summed E-state index contributed by atoms with van der Waals surface area (Å²) in [6, 6.07) is 9.00. The third-order valence-electron chi connectivity index (χ3n) is 11.3. The molecule has 4 heterocycles. The first-order valence-corrected chi connectivity index (χ1v) is 22.6. The molecule has 5 amide bonds. The summed E-state index contributed by atoms with van der Waals surface area (Å²) in [6.45, 7) is 9.30. The Morgan fingerprint density at radius 2 is 1.29 bits per heavy atom. The average Bonchev–Trinajstić information content (AvgIpc) is 4.11. The maximum absolute atomic E-state index is 13.9. The fourth-order valence-electron chi connectivity index (χ4n) is 7.83. The van der Waals surface area contributed by atoms with E-state index in [4.69, 9.17) is 36.6 Å². The predicted molar refractivity (Wildman–Crippen MR) is 265 cm³/mol. The van der Waals surface area contributed by atoms with Crippen LogP contribution in [0.2, 0.25) is 0 Å². The number of aryl methyl sites for hydroxylation is 4. The number of hydrogen-bond acceptors (Lipinski definition) is 13. The van der Waals surface area contributed by atoms with Crippen LogP contribution in [0.5, 0.6) is 11.5 Å². The van der Waals surface area contributed by atoms with Crippen molar-refractivity contribution in [3.63, 3.8) is 0 Å². The Kier molecular flexibility index (Phi) is 16.9. The Balaban J connectivity index is 1.34. The second-order valence-corrected chi connectivity index (χ2v) is 16.1. The van der Waals surface area contributed by atoms with Crippen LogP contribution in [0.1, 0.15) is 79.8 Å². The molecule has 0 bridgehead atoms. The topological polar surface area (TPSA) is 305 Å². The van der Waals surface area contributed by atoms with Gasteiger partial charge in [-0.1, -0.05) is 18.2 Å². The number of allylic oxidation sites excluding steroid dienone is 2. The van der Waals surface area contributed by atoms with Gasteiger partial charge in [-0.3, -0.25) is 49.0 Å². The zero-order chi connectivity index (χ0) is 50.6. The molecule has 0 saturated carbocycles. The van der Waals surface area contributed by atoms with Crippen molar-refractivity contribution in [1.82, 2.24) is 48.9 Å². The number of aliphatic imine (C=N–C) groups is 1. The quantitative estimate of drug-likeness (QED) is 0.0220. The van der Waals surface area contributed by atoms with Crippen LogP contribution in [0.25, 0.3) is 22.1 Å². The molecule has 0 fully saturated rings. The molecule has 0 saturated heterocycles. The first-order valence-electron chi connectivity index (χ1n) is 22.6. The number of aromatic nitrogens is 8. The predicted octanol–water partition coefficient (Wildman–Crippen LogP) is 3.15. The summed E-state index contributed by atoms with van der Waals surface area (Å²) >= 11 is 0. The Morgan fingerprint density at radius 3 is 1.76 bits per heavy atom. The first-order chi connectivity index (χ1) is 33.6. The van der Waals surface area contributed by atoms with Gasteiger partial charge in [-0.25, -0.2) is 9.97 Å². The van der Waals surface area contributed by atoms with Crippen LogP contribution < -0.4 is 42.6 Å². The van der Waals surface area contributed by atoms with Crippen LogP contribution in [-0.4, -0.2) is 126 Å². The van der Waals surface area contributed by atoms with Crippen molar-refractivity contribution in [3.05, 3.63) is 94.6 Å². The van der Waals surface area contributed by atoms with E-state index in [2.05, 4.69) is 31.1 Å². The number of fused-ring (bicyclic) bond motifs is 2. The summed E-state index contributed by atoms with van der Waals surface area (Å²) in [5, 5.41) is 17.7. The molecule has 0 aliphatic carbocycles. The molecule has 370 valence electrons. The lowest BCUT2D eigenvalue weighted by molar-refractivity contribution is -0.131. The largest absolute Gasteiger partial charge is 0.494 e. The van der Waals surface area contributed by atoms with Gasteiger partial charge in [0.05, 0.1) is 41.9 Å². The first kappa shape index (κ1) is 51.1. The summed E-state index contributed by atoms with van der Waals surface area (Å²) in [7, 11) is 4.89. The van der Waals surface area contributed by atoms with Crippen LogP contribution in [0.4, 0.5) is 11.9 Å². The van der Waals surface area contributed by atoms with Gasteiger partial charge in [-0.15, -0.1) is 0 Å². The number of likely N-dealkylation sites (N-methyl/N-ethyl adjacent to an activating group) is 2. The van der Waals surface area contributed by atoms with E-state index in [0.717, 1.165) is 0 Å². The van der Waals surface area contributed by atoms with E-state index >= 15 is 0 Å². The van der Waals surface area contributed by atoms with Gasteiger partial charge in [0, 0.05) is 57.4 Å². The average molecular weight is 961 g/mol. The highest BCUT2D eigenvalue weighted by Crippen LogP contribution is 2.33. The van der Waals surface area contributed by atoms with Gasteiger partial charge < -0.3 is 46.0 Å². The SMILES string of the molecule is CCn1nc(C)cc1C(=O)Nc1nc2cc(C(N)=O)cc(OC)c2n1C/C=C/Cn1c(NC(=O)c2cc(C)nn2CC)nc2cc(C(N)=O)cc(OC/C=C/CN(C)C(=O)C(CCCN=CN)NC)c21. The van der Waals surface area contributed by atoms with Gasteiger partial charge in [0.25, 0.3) is 11.8 Å². The number of primary amides is 2. The van der Waals surface area contributed by atoms with Gasteiger partial charge in [-0.05, 0) is 90.1 Å². The summed E-state index contributed by atoms with van der Waals surface area (Å²) in [6.07, 6.45) is 9.70. The molecule has 4 aromatic heterocycles. The number of nitrogens with two attached hydrogens (primary N) is 3. The number of hydrogen-bond donors (Lipinski definition) is 6. The van der Waals surface area contributed by atoms with Crippen molar-refractivity contribution < 1.29 is 33.4 Å². The Hall–Kier alpha value is -8.34. The number of ether oxygens (including phenoxy) is 2. The van der Waals surface area contributed by atoms with Crippen molar-refractivity contribution in [2.45, 2.75) is 72.8 Å². The second-order valence-electron chi connectivity index (χ2n) is 16.1. The van der Waals surface area contributed by atoms with E-state index < -0.39 is 29.7 Å². The lowest BCUT2D eigenvalue weighted by Crippen LogP contribution is -2.43. The molecule has 0 aliphatic heterocycles. The number of imidazole rings is 2. The molecule has 0 radical (unpaired) electrons. The fourth-order valence-corrected chi connectivity index (χ4v) is 7.83. The van der Waals surface area contributed by atoms with Gasteiger partial charge in [0.2, 0.25) is 29.6 Å². The zero-order valence-electron chi connectivity index (χ0n) is 40.4. The van der Waals surface area contributed by atoms with Gasteiger partial charge in [0.15, 0.2) is 0 Å². The van der Waals surface area contributed by atoms with Crippen molar-refractivity contribution in [2.24, 2.45) is 22.2 Å². The van der Waals surface area contributed by atoms with E-state index in [9.17, 15) is 24.0 Å². The molecule has 0 spiro atoms. The van der Waals surface area contributed by atoms with E-state index in [1.54, 1.807) is 75.6 Å². The van der Waals surface area contributed by atoms with Crippen LogP contribution in [0.15, 0.2) is 65.7 Å². The lowest BCUT2D eigenvalue weighted by atomic mass is 10.1. The number of rotatable bonds is 24. The van der Waals surface area contributed by atoms with Crippen LogP contribution >= 0.6 is 0 Å². The molecular weight excluding hydrogens is 901 g/mol. The molecule has 0 aliphatic rings. The highest BCUT2D eigenvalue weighted by Gasteiger charge is 2.24. The molecule has 1 unspecified atom stereocenters. The van der Waals surface area contributed by atoms with Crippen LogP contribution in [0.3, 0.4) is 0 Å². The number of nitrogens with one attached hydrogen (secondary N) is 3. The molecular formula is C47H60N16O7. The molecule has 70 heavy (non-hydrogen) atoms. The van der Waals surface area contributed by atoms with Crippen LogP contribution in [0, 0.1) is 13.8 Å². The Labute approximate surface area is 403 Å². The van der Waals surface area contributed by atoms with Crippen molar-refractivity contribution in [1.29, 1.82) is 0 Å². The molecule has 2 aromatic carbocycles. The maximum atomic E-state index is 13.9. The van der Waals surface area contributed by atoms with Gasteiger partial charge >= 0.3 is 0 Å². The van der Waals surface area contributed by atoms with Crippen molar-refractivity contribution in [2.75, 3.05) is 51.5 Å². The standard InChI is InChI=1S/C47H60N16O7/c1-8-62-35(21-28(3)57-62)43(66)55-46-53-33-23-30(41(49)64)25-37(69-7)39(33)60(46)18-10-11-19-61-40-34(54-47(61)56-44(67)36-22-29(4)58-63(36)9-2)24-31(42(50)65)26-38(40)70-20-13-12-17-59(6)45(68)32(51-5)15-14-16-52-27-48/h10-13,21-27,32,51H,8-9,14-20H2,1-7H3,(H2,48,52)(H2,49,64)(H2,50,65)(H,53,55,66)(H,54,56,67)/b11-10+,13-12+. The number of methoxy groups -OCH3 is 1. The minimum absolute atomic E-state index is 0.0314. The number of nitrogens with zero attached hydrogens (tertiary/aromatic N) is 10. The molecule has 23 heteroatoms. The number of benzene rings is 2. The molecule has 23 nitrogen and oxygen atoms in total. The Morgan fingerprint density at radius 1 is 0.771 bits per heavy atom. The highest BCUT2D eigenvalue weighted by atomic mass is 16.5. The minimum atomic E-state index is -0.721. The third-order valence-corrected chi connectivity index (χ3v) is 11.3. The number of amides is 5. The molecule has 6 rings (SSSR count). The van der Waals surface area contributed by atoms with Crippen molar-refractivity contribution in [3.8, 4) is 11.5 Å². The fraction of sp³-hybridized carbons (Fsp3) is 0.362. The normalized spacial score (nSPS) is 12.2. The minimum Gasteiger partial charge on any atom is -0.494 e. The number of anilines is 2. The number of carbonyl (C=O) groups is 5. The maximum Gasteiger partial charge on any atom is 0.276 e. The van der Waals surface area contributed by atoms with E-state index in [-0.39, 0.29) is 54.4 Å². The second kappa shape index (κ2) is 23.1. The highest BCUT2D eigenvalue weighted by molar-refractivity contribution is 6.05. The third kappa shape index (κ3) is 11.7. The monoisotopic (exact) mass is 960 g/mol. The van der Waals surface area contributed by atoms with Crippen molar-refractivity contribution >= 4 is 69.8 Å². The summed E-state index contributed by atoms with van der Waals surface area (Å²) in [4.78, 5) is 80.8. The van der Waals surface area contributed by atoms with Crippen LogP contribution in [-0.2, 0) is 31.0 Å². The smallest absolute Gasteiger partial charge is 0.276 e. The summed E-state index contributed by atoms with van der Waals surface area (Å²) < 4.78 is 18.6. The van der Waals surface area contributed by atoms with E-state index in [1.165, 1.54) is 37.7 Å². The van der Waals surface area contributed by atoms with E-state index in [1.807, 2.05) is 26.0 Å². The number of carbonyl (C=O) groups excluding carboxylic acids is 5. The lowest BCUT2D eigenvalue weighted by Gasteiger charge is -2.22. The van der Waals surface area contributed by atoms with Gasteiger partial charge in [0.1, 0.15) is 40.5 Å². The van der Waals surface area contributed by atoms with Gasteiger partial charge in [-0.2, -0.15) is 10.2 Å². The summed E-state index contributed by atoms with van der Waals surface area (Å²) in [5.74, 6) is -1.60. The zero-order valence-corrected chi connectivity index (χ0v) is 40.4. The Bertz CT molecular complexity index is 2990. The summed E-state index contributed by atoms with van der Waals surface area (Å²) in [5.41, 5.74) is 20.6. The molecule has 1 atom stereocenters.